The van der Waals surface area contributed by atoms with Gasteiger partial charge >= 0.3 is 6.03 Å². The van der Waals surface area contributed by atoms with E-state index in [4.69, 9.17) is 11.6 Å². The zero-order valence-corrected chi connectivity index (χ0v) is 21.0. The van der Waals surface area contributed by atoms with Crippen LogP contribution in [0.25, 0.3) is 0 Å². The van der Waals surface area contributed by atoms with E-state index in [1.165, 1.54) is 11.3 Å². The van der Waals surface area contributed by atoms with Crippen molar-refractivity contribution in [3.63, 3.8) is 0 Å². The maximum Gasteiger partial charge on any atom is 0.326 e. The number of aromatic amines is 1. The second-order valence-electron chi connectivity index (χ2n) is 8.36. The Balaban J connectivity index is 1.26. The number of halogens is 1. The number of piperazine rings is 1. The molecule has 0 unspecified atom stereocenters. The molecule has 0 bridgehead atoms. The molecule has 8 nitrogen and oxygen atoms in total. The van der Waals surface area contributed by atoms with Gasteiger partial charge < -0.3 is 20.1 Å². The molecule has 0 aliphatic carbocycles. The Morgan fingerprint density at radius 3 is 2.39 bits per heavy atom. The third-order valence-electron chi connectivity index (χ3n) is 6.03. The zero-order valence-electron chi connectivity index (χ0n) is 19.4. The summed E-state index contributed by atoms with van der Waals surface area (Å²) in [5, 5.41) is 2.96. The smallest absolute Gasteiger partial charge is 0.326 e. The van der Waals surface area contributed by atoms with Crippen molar-refractivity contribution in [2.75, 3.05) is 41.3 Å². The predicted molar refractivity (Wildman–Crippen MR) is 144 cm³/mol. The largest absolute Gasteiger partial charge is 0.368 e. The molecule has 0 atom stereocenters. The van der Waals surface area contributed by atoms with Gasteiger partial charge in [-0.15, -0.1) is 11.3 Å². The number of thiophene rings is 1. The van der Waals surface area contributed by atoms with E-state index in [1.807, 2.05) is 59.5 Å². The van der Waals surface area contributed by atoms with Crippen molar-refractivity contribution in [1.29, 1.82) is 0 Å². The first-order chi connectivity index (χ1) is 17.6. The number of hydrogen-bond donors (Lipinski definition) is 2. The number of amides is 3. The van der Waals surface area contributed by atoms with E-state index in [9.17, 15) is 9.59 Å². The van der Waals surface area contributed by atoms with Gasteiger partial charge in [0.2, 0.25) is 0 Å². The Hall–Kier alpha value is -3.82. The van der Waals surface area contributed by atoms with Gasteiger partial charge in [0.25, 0.3) is 5.91 Å². The lowest BCUT2D eigenvalue weighted by Crippen LogP contribution is -2.48. The van der Waals surface area contributed by atoms with Gasteiger partial charge in [-0.2, -0.15) is 0 Å². The van der Waals surface area contributed by atoms with Crippen LogP contribution in [0.5, 0.6) is 0 Å². The van der Waals surface area contributed by atoms with Crippen molar-refractivity contribution in [1.82, 2.24) is 14.9 Å². The van der Waals surface area contributed by atoms with Crippen molar-refractivity contribution < 1.29 is 9.59 Å². The van der Waals surface area contributed by atoms with Crippen molar-refractivity contribution in [2.24, 2.45) is 0 Å². The number of nitrogens with zero attached hydrogens (tertiary/aromatic N) is 4. The van der Waals surface area contributed by atoms with Crippen molar-refractivity contribution >= 4 is 51.9 Å². The predicted octanol–water partition coefficient (Wildman–Crippen LogP) is 5.33. The molecule has 3 amide bonds. The molecule has 2 N–H and O–H groups in total. The summed E-state index contributed by atoms with van der Waals surface area (Å²) >= 11 is 7.30. The fourth-order valence-corrected chi connectivity index (χ4v) is 5.14. The third kappa shape index (κ3) is 5.53. The van der Waals surface area contributed by atoms with Crippen LogP contribution in [-0.2, 0) is 6.54 Å². The molecule has 36 heavy (non-hydrogen) atoms. The number of H-pyrrole nitrogens is 1. The molecule has 1 aliphatic heterocycles. The minimum Gasteiger partial charge on any atom is -0.368 e. The Labute approximate surface area is 218 Å². The van der Waals surface area contributed by atoms with Crippen LogP contribution in [0.2, 0.25) is 4.34 Å². The molecule has 2 aromatic carbocycles. The van der Waals surface area contributed by atoms with Crippen LogP contribution in [0, 0.1) is 0 Å². The fraction of sp³-hybridized carbons (Fsp3) is 0.192. The molecule has 184 valence electrons. The number of hydrogen-bond acceptors (Lipinski definition) is 5. The Bertz CT molecular complexity index is 1300. The average Bonchev–Trinajstić information content (AvgIpc) is 3.59. The molecular formula is C26H25ClN6O2S. The summed E-state index contributed by atoms with van der Waals surface area (Å²) < 4.78 is 0.621. The van der Waals surface area contributed by atoms with Gasteiger partial charge in [-0.25, -0.2) is 9.78 Å². The molecule has 1 aliphatic rings. The highest BCUT2D eigenvalue weighted by atomic mass is 35.5. The van der Waals surface area contributed by atoms with E-state index < -0.39 is 0 Å². The average molecular weight is 521 g/mol. The van der Waals surface area contributed by atoms with E-state index >= 15 is 0 Å². The number of carbonyl (C=O) groups excluding carboxylic acids is 2. The van der Waals surface area contributed by atoms with E-state index in [0.717, 1.165) is 35.8 Å². The van der Waals surface area contributed by atoms with Crippen molar-refractivity contribution in [3.8, 4) is 0 Å². The van der Waals surface area contributed by atoms with E-state index in [2.05, 4.69) is 20.2 Å². The normalized spacial score (nSPS) is 13.5. The lowest BCUT2D eigenvalue weighted by atomic mass is 10.2. The molecule has 0 radical (unpaired) electrons. The Morgan fingerprint density at radius 1 is 1.00 bits per heavy atom. The quantitative estimate of drug-likeness (QED) is 0.360. The first-order valence-corrected chi connectivity index (χ1v) is 12.8. The molecular weight excluding hydrogens is 496 g/mol. The van der Waals surface area contributed by atoms with E-state index in [1.54, 1.807) is 29.6 Å². The lowest BCUT2D eigenvalue weighted by Gasteiger charge is -2.36. The first-order valence-electron chi connectivity index (χ1n) is 11.6. The second kappa shape index (κ2) is 10.8. The summed E-state index contributed by atoms with van der Waals surface area (Å²) in [6.07, 6.45) is 3.31. The lowest BCUT2D eigenvalue weighted by molar-refractivity contribution is 0.0751. The SMILES string of the molecule is O=C(c1ccc(Cl)s1)N1CCN(c2ccc(N(Cc3cnc[nH]3)C(=O)Nc3ccccc3)cc2)CC1. The minimum absolute atomic E-state index is 0.0285. The minimum atomic E-state index is -0.232. The summed E-state index contributed by atoms with van der Waals surface area (Å²) in [5.41, 5.74) is 3.38. The van der Waals surface area contributed by atoms with Gasteiger partial charge in [0.05, 0.1) is 27.8 Å². The van der Waals surface area contributed by atoms with Gasteiger partial charge in [-0.05, 0) is 48.5 Å². The number of rotatable bonds is 6. The standard InChI is InChI=1S/C26H25ClN6O2S/c27-24-11-10-23(36-24)25(34)32-14-12-31(13-15-32)21-6-8-22(9-7-21)33(17-20-16-28-18-29-20)26(35)30-19-4-2-1-3-5-19/h1-11,16,18H,12-15,17H2,(H,28,29)(H,30,35). The molecule has 5 rings (SSSR count). The summed E-state index contributed by atoms with van der Waals surface area (Å²) in [5.74, 6) is 0.0285. The number of anilines is 3. The van der Waals surface area contributed by atoms with Crippen molar-refractivity contribution in [3.05, 3.63) is 94.2 Å². The fourth-order valence-electron chi connectivity index (χ4n) is 4.13. The van der Waals surface area contributed by atoms with Crippen LogP contribution in [0.15, 0.2) is 79.3 Å². The molecule has 2 aromatic heterocycles. The van der Waals surface area contributed by atoms with Gasteiger partial charge in [0.15, 0.2) is 0 Å². The van der Waals surface area contributed by atoms with Crippen molar-refractivity contribution in [2.45, 2.75) is 6.54 Å². The van der Waals surface area contributed by atoms with Gasteiger partial charge in [-0.3, -0.25) is 9.69 Å². The summed E-state index contributed by atoms with van der Waals surface area (Å²) in [7, 11) is 0. The summed E-state index contributed by atoms with van der Waals surface area (Å²) in [6, 6.07) is 20.6. The highest BCUT2D eigenvalue weighted by Crippen LogP contribution is 2.26. The highest BCUT2D eigenvalue weighted by molar-refractivity contribution is 7.17. The van der Waals surface area contributed by atoms with E-state index in [-0.39, 0.29) is 11.9 Å². The Morgan fingerprint density at radius 2 is 1.75 bits per heavy atom. The maximum atomic E-state index is 13.2. The highest BCUT2D eigenvalue weighted by Gasteiger charge is 2.24. The molecule has 10 heteroatoms. The van der Waals surface area contributed by atoms with Crippen LogP contribution in [0.3, 0.4) is 0 Å². The Kier molecular flexibility index (Phi) is 7.20. The second-order valence-corrected chi connectivity index (χ2v) is 10.1. The number of imidazole rings is 1. The monoisotopic (exact) mass is 520 g/mol. The molecule has 1 fully saturated rings. The first kappa shape index (κ1) is 23.9. The number of benzene rings is 2. The third-order valence-corrected chi connectivity index (χ3v) is 7.25. The van der Waals surface area contributed by atoms with Crippen LogP contribution in [-0.4, -0.2) is 53.0 Å². The molecule has 1 saturated heterocycles. The van der Waals surface area contributed by atoms with Crippen LogP contribution in [0.4, 0.5) is 21.9 Å². The topological polar surface area (TPSA) is 84.6 Å². The number of urea groups is 1. The number of para-hydroxylation sites is 1. The summed E-state index contributed by atoms with van der Waals surface area (Å²) in [6.45, 7) is 3.10. The van der Waals surface area contributed by atoms with Gasteiger partial charge in [-0.1, -0.05) is 29.8 Å². The van der Waals surface area contributed by atoms with E-state index in [0.29, 0.717) is 28.8 Å². The molecule has 3 heterocycles. The molecule has 4 aromatic rings. The van der Waals surface area contributed by atoms with Gasteiger partial charge in [0, 0.05) is 49.4 Å². The number of carbonyl (C=O) groups is 2. The number of aromatic nitrogens is 2. The molecule has 0 saturated carbocycles. The van der Waals surface area contributed by atoms with Crippen LogP contribution >= 0.6 is 22.9 Å². The van der Waals surface area contributed by atoms with Crippen LogP contribution < -0.4 is 15.1 Å². The maximum absolute atomic E-state index is 13.2. The molecule has 0 spiro atoms. The zero-order chi connectivity index (χ0) is 24.9. The number of nitrogens with one attached hydrogen (secondary N) is 2. The van der Waals surface area contributed by atoms with Crippen LogP contribution in [0.1, 0.15) is 15.4 Å². The summed E-state index contributed by atoms with van der Waals surface area (Å²) in [4.78, 5) is 39.5. The van der Waals surface area contributed by atoms with Gasteiger partial charge in [0.1, 0.15) is 0 Å².